The highest BCUT2D eigenvalue weighted by Gasteiger charge is 2.32. The van der Waals surface area contributed by atoms with Gasteiger partial charge in [-0.3, -0.25) is 9.36 Å². The van der Waals surface area contributed by atoms with Gasteiger partial charge >= 0.3 is 0 Å². The number of aromatic nitrogens is 2. The quantitative estimate of drug-likeness (QED) is 0.254. The fourth-order valence-electron chi connectivity index (χ4n) is 4.65. The number of unbranched alkanes of at least 4 members (excludes halogenated alkanes) is 1. The van der Waals surface area contributed by atoms with Crippen LogP contribution in [0.4, 0.5) is 0 Å². The molecule has 0 saturated heterocycles. The first-order valence-electron chi connectivity index (χ1n) is 13.2. The van der Waals surface area contributed by atoms with Crippen LogP contribution >= 0.6 is 0 Å². The molecule has 6 nitrogen and oxygen atoms in total. The van der Waals surface area contributed by atoms with E-state index in [0.29, 0.717) is 36.2 Å². The zero-order chi connectivity index (χ0) is 27.5. The van der Waals surface area contributed by atoms with Crippen molar-refractivity contribution in [2.75, 3.05) is 6.54 Å². The Hall–Kier alpha value is -3.29. The first-order chi connectivity index (χ1) is 18.0. The van der Waals surface area contributed by atoms with E-state index in [1.165, 1.54) is 4.31 Å². The van der Waals surface area contributed by atoms with Crippen LogP contribution in [0.5, 0.6) is 0 Å². The molecule has 0 fully saturated rings. The summed E-state index contributed by atoms with van der Waals surface area (Å²) in [5.74, 6) is 0.434. The maximum absolute atomic E-state index is 14.0. The van der Waals surface area contributed by atoms with Gasteiger partial charge in [0.2, 0.25) is 10.0 Å². The lowest BCUT2D eigenvalue weighted by molar-refractivity contribution is 0.317. The zero-order valence-electron chi connectivity index (χ0n) is 22.9. The number of nitrogens with zero attached hydrogens (tertiary/aromatic N) is 3. The topological polar surface area (TPSA) is 72.3 Å². The lowest BCUT2D eigenvalue weighted by Crippen LogP contribution is -2.38. The summed E-state index contributed by atoms with van der Waals surface area (Å²) in [7, 11) is -3.86. The van der Waals surface area contributed by atoms with Gasteiger partial charge < -0.3 is 0 Å². The number of hydrogen-bond acceptors (Lipinski definition) is 4. The van der Waals surface area contributed by atoms with Crippen LogP contribution in [0.1, 0.15) is 70.5 Å². The van der Waals surface area contributed by atoms with Gasteiger partial charge in [0.15, 0.2) is 0 Å². The van der Waals surface area contributed by atoms with Gasteiger partial charge in [0, 0.05) is 6.54 Å². The third-order valence-electron chi connectivity index (χ3n) is 6.94. The third-order valence-corrected chi connectivity index (χ3v) is 8.92. The van der Waals surface area contributed by atoms with Crippen molar-refractivity contribution in [1.82, 2.24) is 13.9 Å². The molecule has 1 aromatic heterocycles. The van der Waals surface area contributed by atoms with Crippen LogP contribution in [-0.4, -0.2) is 28.8 Å². The van der Waals surface area contributed by atoms with Crippen molar-refractivity contribution in [1.29, 1.82) is 0 Å². The second-order valence-corrected chi connectivity index (χ2v) is 12.7. The highest BCUT2D eigenvalue weighted by atomic mass is 32.2. The van der Waals surface area contributed by atoms with Gasteiger partial charge in [-0.15, -0.1) is 0 Å². The molecule has 0 amide bonds. The maximum atomic E-state index is 14.0. The molecule has 200 valence electrons. The van der Waals surface area contributed by atoms with E-state index in [1.807, 2.05) is 68.4 Å². The van der Waals surface area contributed by atoms with E-state index in [4.69, 9.17) is 4.98 Å². The lowest BCUT2D eigenvalue weighted by atomic mass is 9.87. The summed E-state index contributed by atoms with van der Waals surface area (Å²) in [6.07, 6.45) is 1.53. The summed E-state index contributed by atoms with van der Waals surface area (Å²) in [4.78, 5) is 18.8. The van der Waals surface area contributed by atoms with Gasteiger partial charge in [-0.05, 0) is 54.2 Å². The molecule has 4 aromatic rings. The van der Waals surface area contributed by atoms with E-state index in [9.17, 15) is 13.2 Å². The molecule has 0 radical (unpaired) electrons. The molecule has 0 bridgehead atoms. The van der Waals surface area contributed by atoms with Crippen molar-refractivity contribution in [3.8, 4) is 0 Å². The second kappa shape index (κ2) is 11.2. The molecule has 0 aliphatic heterocycles. The highest BCUT2D eigenvalue weighted by Crippen LogP contribution is 2.30. The minimum atomic E-state index is -3.86. The molecule has 1 heterocycles. The molecule has 7 heteroatoms. The summed E-state index contributed by atoms with van der Waals surface area (Å²) in [6.45, 7) is 10.8. The van der Waals surface area contributed by atoms with Gasteiger partial charge in [-0.25, -0.2) is 13.4 Å². The fraction of sp³-hybridized carbons (Fsp3) is 0.355. The van der Waals surface area contributed by atoms with Crippen molar-refractivity contribution in [2.45, 2.75) is 70.4 Å². The highest BCUT2D eigenvalue weighted by molar-refractivity contribution is 7.89. The Morgan fingerprint density at radius 1 is 0.921 bits per heavy atom. The monoisotopic (exact) mass is 531 g/mol. The summed E-state index contributed by atoms with van der Waals surface area (Å²) in [5, 5.41) is 0.514. The van der Waals surface area contributed by atoms with Crippen molar-refractivity contribution in [3.63, 3.8) is 0 Å². The van der Waals surface area contributed by atoms with E-state index < -0.39 is 16.1 Å². The van der Waals surface area contributed by atoms with Crippen LogP contribution in [0.25, 0.3) is 10.9 Å². The van der Waals surface area contributed by atoms with Gasteiger partial charge in [-0.2, -0.15) is 4.31 Å². The van der Waals surface area contributed by atoms with Gasteiger partial charge in [0.05, 0.1) is 28.4 Å². The Kier molecular flexibility index (Phi) is 8.19. The largest absolute Gasteiger partial charge is 0.290 e. The molecule has 3 aromatic carbocycles. The molecule has 0 N–H and O–H groups in total. The smallest absolute Gasteiger partial charge is 0.261 e. The van der Waals surface area contributed by atoms with Crippen molar-refractivity contribution in [2.24, 2.45) is 0 Å². The number of rotatable bonds is 9. The Balaban J connectivity index is 1.85. The van der Waals surface area contributed by atoms with Crippen LogP contribution in [-0.2, 0) is 22.0 Å². The average molecular weight is 532 g/mol. The number of hydrogen-bond donors (Lipinski definition) is 0. The molecule has 4 rings (SSSR count). The average Bonchev–Trinajstić information content (AvgIpc) is 2.90. The van der Waals surface area contributed by atoms with Crippen LogP contribution in [0.2, 0.25) is 0 Å². The number of para-hydroxylation sites is 1. The summed E-state index contributed by atoms with van der Waals surface area (Å²) < 4.78 is 31.2. The molecule has 1 atom stereocenters. The van der Waals surface area contributed by atoms with Crippen molar-refractivity contribution >= 4 is 20.9 Å². The van der Waals surface area contributed by atoms with Gasteiger partial charge in [0.25, 0.3) is 5.56 Å². The van der Waals surface area contributed by atoms with E-state index in [1.54, 1.807) is 28.8 Å². The summed E-state index contributed by atoms with van der Waals surface area (Å²) in [6, 6.07) is 23.4. The third kappa shape index (κ3) is 5.74. The van der Waals surface area contributed by atoms with E-state index in [0.717, 1.165) is 17.5 Å². The summed E-state index contributed by atoms with van der Waals surface area (Å²) in [5.41, 5.74) is 2.31. The van der Waals surface area contributed by atoms with Crippen molar-refractivity contribution in [3.05, 3.63) is 106 Å². The molecule has 0 aliphatic carbocycles. The fourth-order valence-corrected chi connectivity index (χ4v) is 6.28. The van der Waals surface area contributed by atoms with E-state index in [2.05, 4.69) is 20.8 Å². The molecular formula is C31H37N3O3S. The van der Waals surface area contributed by atoms with Crippen LogP contribution < -0.4 is 5.56 Å². The van der Waals surface area contributed by atoms with Crippen LogP contribution in [0.15, 0.2) is 88.6 Å². The molecular weight excluding hydrogens is 494 g/mol. The minimum Gasteiger partial charge on any atom is -0.290 e. The first-order valence-corrected chi connectivity index (χ1v) is 14.6. The van der Waals surface area contributed by atoms with E-state index >= 15 is 0 Å². The molecule has 1 unspecified atom stereocenters. The van der Waals surface area contributed by atoms with Gasteiger partial charge in [0.1, 0.15) is 5.82 Å². The Morgan fingerprint density at radius 2 is 1.55 bits per heavy atom. The zero-order valence-corrected chi connectivity index (χ0v) is 23.7. The molecule has 0 aliphatic rings. The number of benzene rings is 3. The van der Waals surface area contributed by atoms with Crippen molar-refractivity contribution < 1.29 is 8.42 Å². The minimum absolute atomic E-state index is 0.0833. The summed E-state index contributed by atoms with van der Waals surface area (Å²) >= 11 is 0. The molecule has 0 spiro atoms. The van der Waals surface area contributed by atoms with Crippen LogP contribution in [0.3, 0.4) is 0 Å². The van der Waals surface area contributed by atoms with E-state index in [-0.39, 0.29) is 15.9 Å². The van der Waals surface area contributed by atoms with Crippen LogP contribution in [0, 0.1) is 0 Å². The van der Waals surface area contributed by atoms with Gasteiger partial charge in [-0.1, -0.05) is 88.7 Å². The molecule has 38 heavy (non-hydrogen) atoms. The predicted molar refractivity (Wildman–Crippen MR) is 154 cm³/mol. The Morgan fingerprint density at radius 3 is 2.18 bits per heavy atom. The normalized spacial score (nSPS) is 13.2. The Bertz CT molecular complexity index is 1550. The first kappa shape index (κ1) is 27.7. The number of sulfonamides is 1. The Labute approximate surface area is 226 Å². The standard InChI is InChI=1S/C31H37N3O3S/c1-6-7-21-34(38(36,37)26-19-17-25(18-20-26)31(3,4)5)23(2)29-32-28-16-12-11-15-27(28)30(35)33(29)22-24-13-9-8-10-14-24/h8-20,23H,6-7,21-22H2,1-5H3. The molecule has 0 saturated carbocycles. The lowest BCUT2D eigenvalue weighted by Gasteiger charge is -2.30. The predicted octanol–water partition coefficient (Wildman–Crippen LogP) is 6.29. The second-order valence-electron chi connectivity index (χ2n) is 10.8. The number of fused-ring (bicyclic) bond motifs is 1. The maximum Gasteiger partial charge on any atom is 0.261 e. The SMILES string of the molecule is CCCCN(C(C)c1nc2ccccc2c(=O)n1Cc1ccccc1)S(=O)(=O)c1ccc(C(C)(C)C)cc1.